The third-order valence-corrected chi connectivity index (χ3v) is 3.17. The molecule has 0 amide bonds. The maximum absolute atomic E-state index is 11.8. The van der Waals surface area contributed by atoms with Gasteiger partial charge in [-0.1, -0.05) is 18.2 Å². The third-order valence-electron chi connectivity index (χ3n) is 3.17. The highest BCUT2D eigenvalue weighted by atomic mass is 16.6. The van der Waals surface area contributed by atoms with Crippen LogP contribution in [0.15, 0.2) is 48.5 Å². The highest BCUT2D eigenvalue weighted by Crippen LogP contribution is 2.28. The topological polar surface area (TPSA) is 82.1 Å². The van der Waals surface area contributed by atoms with E-state index in [1.54, 1.807) is 36.4 Å². The number of hydrogen-bond donors (Lipinski definition) is 1. The number of aromatic hydroxyl groups is 1. The van der Waals surface area contributed by atoms with Crippen molar-refractivity contribution in [2.75, 3.05) is 7.11 Å². The van der Waals surface area contributed by atoms with E-state index in [2.05, 4.69) is 0 Å². The fourth-order valence-corrected chi connectivity index (χ4v) is 1.99. The van der Waals surface area contributed by atoms with E-state index in [-0.39, 0.29) is 12.4 Å². The van der Waals surface area contributed by atoms with Gasteiger partial charge in [-0.05, 0) is 41.5 Å². The van der Waals surface area contributed by atoms with E-state index < -0.39 is 11.9 Å². The van der Waals surface area contributed by atoms with E-state index in [1.165, 1.54) is 32.2 Å². The second-order valence-corrected chi connectivity index (χ2v) is 5.11. The first-order valence-electron chi connectivity index (χ1n) is 7.47. The van der Waals surface area contributed by atoms with Crippen LogP contribution >= 0.6 is 0 Å². The van der Waals surface area contributed by atoms with Crippen molar-refractivity contribution in [3.63, 3.8) is 0 Å². The first kappa shape index (κ1) is 18.1. The molecule has 25 heavy (non-hydrogen) atoms. The molecular formula is C19H18O6. The minimum Gasteiger partial charge on any atom is -0.508 e. The molecule has 0 aromatic heterocycles. The van der Waals surface area contributed by atoms with Crippen LogP contribution in [-0.4, -0.2) is 24.2 Å². The lowest BCUT2D eigenvalue weighted by Crippen LogP contribution is -2.03. The highest BCUT2D eigenvalue weighted by Gasteiger charge is 2.07. The predicted molar refractivity (Wildman–Crippen MR) is 91.2 cm³/mol. The van der Waals surface area contributed by atoms with Crippen LogP contribution in [0.3, 0.4) is 0 Å². The van der Waals surface area contributed by atoms with E-state index in [9.17, 15) is 14.7 Å². The van der Waals surface area contributed by atoms with Crippen LogP contribution in [-0.2, 0) is 20.9 Å². The number of hydrogen-bond acceptors (Lipinski definition) is 6. The molecule has 1 N–H and O–H groups in total. The normalized spacial score (nSPS) is 10.5. The molecule has 130 valence electrons. The summed E-state index contributed by atoms with van der Waals surface area (Å²) in [7, 11) is 1.46. The molecule has 0 spiro atoms. The summed E-state index contributed by atoms with van der Waals surface area (Å²) in [6.07, 6.45) is 2.86. The van der Waals surface area contributed by atoms with Gasteiger partial charge in [0.2, 0.25) is 0 Å². The van der Waals surface area contributed by atoms with Gasteiger partial charge in [-0.25, -0.2) is 4.79 Å². The quantitative estimate of drug-likeness (QED) is 0.493. The number of benzene rings is 2. The highest BCUT2D eigenvalue weighted by molar-refractivity contribution is 5.87. The zero-order chi connectivity index (χ0) is 18.2. The molecule has 0 bridgehead atoms. The van der Waals surface area contributed by atoms with E-state index in [4.69, 9.17) is 14.2 Å². The molecule has 0 radical (unpaired) electrons. The van der Waals surface area contributed by atoms with Crippen LogP contribution in [0.25, 0.3) is 6.08 Å². The standard InChI is InChI=1S/C19H18O6/c1-13(20)25-17-9-5-14(11-18(17)23-2)6-10-19(22)24-12-15-3-7-16(21)8-4-15/h3-11,21H,12H2,1-2H3/b10-6+. The Morgan fingerprint density at radius 1 is 1.08 bits per heavy atom. The average molecular weight is 342 g/mol. The lowest BCUT2D eigenvalue weighted by molar-refractivity contribution is -0.139. The summed E-state index contributed by atoms with van der Waals surface area (Å²) in [6, 6.07) is 11.3. The lowest BCUT2D eigenvalue weighted by Gasteiger charge is -2.08. The number of phenols is 1. The minimum atomic E-state index is -0.504. The van der Waals surface area contributed by atoms with Crippen molar-refractivity contribution in [2.45, 2.75) is 13.5 Å². The Kier molecular flexibility index (Phi) is 6.17. The van der Waals surface area contributed by atoms with Crippen LogP contribution in [0, 0.1) is 0 Å². The molecule has 0 aliphatic carbocycles. The zero-order valence-electron chi connectivity index (χ0n) is 13.9. The molecule has 2 rings (SSSR count). The molecule has 0 atom stereocenters. The van der Waals surface area contributed by atoms with Gasteiger partial charge in [0, 0.05) is 13.0 Å². The number of phenolic OH excluding ortho intramolecular Hbond substituents is 1. The van der Waals surface area contributed by atoms with Crippen LogP contribution < -0.4 is 9.47 Å². The minimum absolute atomic E-state index is 0.109. The molecule has 2 aromatic rings. The van der Waals surface area contributed by atoms with Crippen LogP contribution in [0.4, 0.5) is 0 Å². The second kappa shape index (κ2) is 8.54. The van der Waals surface area contributed by atoms with Crippen molar-refractivity contribution in [1.29, 1.82) is 0 Å². The molecule has 0 fully saturated rings. The second-order valence-electron chi connectivity index (χ2n) is 5.11. The van der Waals surface area contributed by atoms with Gasteiger partial charge in [-0.15, -0.1) is 0 Å². The number of carbonyl (C=O) groups excluding carboxylic acids is 2. The molecular weight excluding hydrogens is 324 g/mol. The molecule has 0 heterocycles. The summed E-state index contributed by atoms with van der Waals surface area (Å²) < 4.78 is 15.3. The van der Waals surface area contributed by atoms with Gasteiger partial charge in [0.1, 0.15) is 12.4 Å². The Bertz CT molecular complexity index is 777. The summed E-state index contributed by atoms with van der Waals surface area (Å²) in [5.74, 6) is -0.103. The number of rotatable bonds is 6. The smallest absolute Gasteiger partial charge is 0.331 e. The van der Waals surface area contributed by atoms with Crippen LogP contribution in [0.2, 0.25) is 0 Å². The van der Waals surface area contributed by atoms with Crippen LogP contribution in [0.1, 0.15) is 18.1 Å². The average Bonchev–Trinajstić information content (AvgIpc) is 2.60. The molecule has 6 nitrogen and oxygen atoms in total. The molecule has 0 aliphatic heterocycles. The van der Waals surface area contributed by atoms with Crippen molar-refractivity contribution in [3.05, 3.63) is 59.7 Å². The Morgan fingerprint density at radius 2 is 1.80 bits per heavy atom. The summed E-state index contributed by atoms with van der Waals surface area (Å²) in [5, 5.41) is 9.20. The van der Waals surface area contributed by atoms with Gasteiger partial charge in [0.15, 0.2) is 11.5 Å². The molecule has 2 aromatic carbocycles. The number of ether oxygens (including phenoxy) is 3. The van der Waals surface area contributed by atoms with E-state index in [0.29, 0.717) is 17.1 Å². The zero-order valence-corrected chi connectivity index (χ0v) is 13.9. The molecule has 0 unspecified atom stereocenters. The monoisotopic (exact) mass is 342 g/mol. The van der Waals surface area contributed by atoms with Crippen molar-refractivity contribution in [3.8, 4) is 17.2 Å². The van der Waals surface area contributed by atoms with E-state index >= 15 is 0 Å². The van der Waals surface area contributed by atoms with Gasteiger partial charge < -0.3 is 19.3 Å². The van der Waals surface area contributed by atoms with Crippen molar-refractivity contribution in [1.82, 2.24) is 0 Å². The molecule has 6 heteroatoms. The maximum Gasteiger partial charge on any atom is 0.331 e. The van der Waals surface area contributed by atoms with Crippen molar-refractivity contribution < 1.29 is 28.9 Å². The Morgan fingerprint density at radius 3 is 2.44 bits per heavy atom. The maximum atomic E-state index is 11.8. The number of esters is 2. The molecule has 0 aliphatic rings. The number of methoxy groups -OCH3 is 1. The molecule has 0 saturated carbocycles. The van der Waals surface area contributed by atoms with Gasteiger partial charge >= 0.3 is 11.9 Å². The van der Waals surface area contributed by atoms with Gasteiger partial charge in [0.05, 0.1) is 7.11 Å². The van der Waals surface area contributed by atoms with E-state index in [0.717, 1.165) is 5.56 Å². The van der Waals surface area contributed by atoms with Gasteiger partial charge in [0.25, 0.3) is 0 Å². The van der Waals surface area contributed by atoms with Gasteiger partial charge in [-0.3, -0.25) is 4.79 Å². The Labute approximate surface area is 145 Å². The third kappa shape index (κ3) is 5.69. The van der Waals surface area contributed by atoms with Crippen molar-refractivity contribution >= 4 is 18.0 Å². The van der Waals surface area contributed by atoms with Crippen LogP contribution in [0.5, 0.6) is 17.2 Å². The largest absolute Gasteiger partial charge is 0.508 e. The SMILES string of the molecule is COc1cc(/C=C/C(=O)OCc2ccc(O)cc2)ccc1OC(C)=O. The Hall–Kier alpha value is -3.28. The lowest BCUT2D eigenvalue weighted by atomic mass is 10.2. The summed E-state index contributed by atoms with van der Waals surface area (Å²) in [4.78, 5) is 22.8. The first-order valence-corrected chi connectivity index (χ1v) is 7.47. The molecule has 0 saturated heterocycles. The summed E-state index contributed by atoms with van der Waals surface area (Å²) >= 11 is 0. The summed E-state index contributed by atoms with van der Waals surface area (Å²) in [5.41, 5.74) is 1.46. The van der Waals surface area contributed by atoms with E-state index in [1.807, 2.05) is 0 Å². The van der Waals surface area contributed by atoms with Crippen molar-refractivity contribution in [2.24, 2.45) is 0 Å². The first-order chi connectivity index (χ1) is 12.0. The Balaban J connectivity index is 1.96. The predicted octanol–water partition coefficient (Wildman–Crippen LogP) is 3.08. The van der Waals surface area contributed by atoms with Gasteiger partial charge in [-0.2, -0.15) is 0 Å². The number of carbonyl (C=O) groups is 2. The fourth-order valence-electron chi connectivity index (χ4n) is 1.99. The summed E-state index contributed by atoms with van der Waals surface area (Å²) in [6.45, 7) is 1.41. The fraction of sp³-hybridized carbons (Fsp3) is 0.158.